The highest BCUT2D eigenvalue weighted by molar-refractivity contribution is 6.38. The Labute approximate surface area is 241 Å². The number of carbonyl (C=O) groups excluding carboxylic acids is 1. The van der Waals surface area contributed by atoms with Gasteiger partial charge in [0.1, 0.15) is 5.82 Å². The number of carbonyl (C=O) groups is 1. The van der Waals surface area contributed by atoms with Crippen LogP contribution in [0.2, 0.25) is 10.0 Å². The number of hydrogen-bond donors (Lipinski definition) is 4. The molecule has 14 heteroatoms. The van der Waals surface area contributed by atoms with Gasteiger partial charge < -0.3 is 9.84 Å². The number of nitrogens with one attached hydrogen (secondary N) is 4. The van der Waals surface area contributed by atoms with Gasteiger partial charge in [-0.1, -0.05) is 47.5 Å². The number of amidine groups is 1. The predicted octanol–water partition coefficient (Wildman–Crippen LogP) is 4.95. The van der Waals surface area contributed by atoms with Gasteiger partial charge in [-0.2, -0.15) is 5.16 Å². The molecule has 2 aromatic heterocycles. The fourth-order valence-corrected chi connectivity index (χ4v) is 4.77. The van der Waals surface area contributed by atoms with E-state index >= 15 is 4.39 Å². The van der Waals surface area contributed by atoms with E-state index < -0.39 is 17.3 Å². The lowest BCUT2D eigenvalue weighted by molar-refractivity contribution is 0.0973. The van der Waals surface area contributed by atoms with E-state index in [-0.39, 0.29) is 18.3 Å². The van der Waals surface area contributed by atoms with Crippen molar-refractivity contribution in [2.75, 3.05) is 24.9 Å². The van der Waals surface area contributed by atoms with Gasteiger partial charge in [-0.3, -0.25) is 24.8 Å². The number of hydroxylamine groups is 1. The van der Waals surface area contributed by atoms with Crippen LogP contribution in [0.5, 0.6) is 0 Å². The molecule has 0 saturated carbocycles. The van der Waals surface area contributed by atoms with Crippen molar-refractivity contribution in [2.45, 2.75) is 6.54 Å². The standard InChI is InChI=1S/C27H22Cl2FN7O4/c1-31-25(36-40-2)24-17(10-16(28)11-18(24)29)14-7-8-15(19(30)9-14)13-32-27-33-20-5-3-4-6-21(20)37(27)34-26(39)22-12-23(38)35-41-22/h3-12H,13H2,1-2H3,(H,31,36)(H,32,33)(H,34,39)(H,35,38). The van der Waals surface area contributed by atoms with Crippen LogP contribution in [0.25, 0.3) is 22.2 Å². The number of H-pyrrole nitrogens is 1. The Hall–Kier alpha value is -4.65. The Balaban J connectivity index is 1.44. The first-order valence-corrected chi connectivity index (χ1v) is 12.8. The van der Waals surface area contributed by atoms with Gasteiger partial charge in [-0.15, -0.1) is 0 Å². The molecular weight excluding hydrogens is 576 g/mol. The summed E-state index contributed by atoms with van der Waals surface area (Å²) in [7, 11) is 3.00. The molecule has 4 N–H and O–H groups in total. The topological polar surface area (TPSA) is 139 Å². The average Bonchev–Trinajstić information content (AvgIpc) is 3.54. The van der Waals surface area contributed by atoms with Crippen LogP contribution < -0.4 is 21.8 Å². The maximum atomic E-state index is 15.4. The molecule has 0 fully saturated rings. The maximum Gasteiger partial charge on any atom is 0.308 e. The van der Waals surface area contributed by atoms with E-state index in [0.717, 1.165) is 6.07 Å². The van der Waals surface area contributed by atoms with Crippen LogP contribution in [0.15, 0.2) is 75.0 Å². The summed E-state index contributed by atoms with van der Waals surface area (Å²) in [5, 5.41) is 5.81. The largest absolute Gasteiger partial charge is 0.373 e. The second-order valence-corrected chi connectivity index (χ2v) is 9.47. The maximum absolute atomic E-state index is 15.4. The second-order valence-electron chi connectivity index (χ2n) is 8.63. The zero-order valence-electron chi connectivity index (χ0n) is 21.6. The van der Waals surface area contributed by atoms with Crippen LogP contribution in [-0.2, 0) is 11.4 Å². The van der Waals surface area contributed by atoms with Crippen LogP contribution in [0, 0.1) is 5.82 Å². The first kappa shape index (κ1) is 27.9. The Bertz CT molecular complexity index is 1850. The van der Waals surface area contributed by atoms with E-state index in [9.17, 15) is 9.59 Å². The molecule has 41 heavy (non-hydrogen) atoms. The Morgan fingerprint density at radius 3 is 2.68 bits per heavy atom. The third-order valence-electron chi connectivity index (χ3n) is 6.04. The van der Waals surface area contributed by atoms with Gasteiger partial charge >= 0.3 is 5.91 Å². The third kappa shape index (κ3) is 5.80. The summed E-state index contributed by atoms with van der Waals surface area (Å²) in [6.45, 7) is 0.0284. The van der Waals surface area contributed by atoms with Gasteiger partial charge in [0.25, 0.3) is 5.56 Å². The number of para-hydroxylation sites is 2. The molecule has 1 amide bonds. The van der Waals surface area contributed by atoms with Crippen molar-refractivity contribution in [1.82, 2.24) is 20.3 Å². The van der Waals surface area contributed by atoms with Gasteiger partial charge in [-0.05, 0) is 41.5 Å². The monoisotopic (exact) mass is 597 g/mol. The minimum Gasteiger partial charge on any atom is -0.373 e. The van der Waals surface area contributed by atoms with Gasteiger partial charge in [0.05, 0.1) is 29.2 Å². The molecule has 2 heterocycles. The summed E-state index contributed by atoms with van der Waals surface area (Å²) in [5.74, 6) is -0.821. The number of aliphatic imine (C=N–C) groups is 1. The van der Waals surface area contributed by atoms with Gasteiger partial charge in [0.15, 0.2) is 5.84 Å². The highest BCUT2D eigenvalue weighted by atomic mass is 35.5. The number of rotatable bonds is 8. The fraction of sp³-hybridized carbons (Fsp3) is 0.111. The van der Waals surface area contributed by atoms with Gasteiger partial charge in [0, 0.05) is 29.7 Å². The number of halogens is 3. The Morgan fingerprint density at radius 1 is 1.17 bits per heavy atom. The number of aromatic nitrogens is 3. The molecule has 11 nitrogen and oxygen atoms in total. The predicted molar refractivity (Wildman–Crippen MR) is 155 cm³/mol. The van der Waals surface area contributed by atoms with Crippen LogP contribution in [0.4, 0.5) is 10.3 Å². The Kier molecular flexibility index (Phi) is 8.06. The smallest absolute Gasteiger partial charge is 0.308 e. The highest BCUT2D eigenvalue weighted by Crippen LogP contribution is 2.34. The van der Waals surface area contributed by atoms with E-state index in [4.69, 9.17) is 32.6 Å². The normalized spacial score (nSPS) is 11.6. The van der Waals surface area contributed by atoms with E-state index in [1.807, 2.05) is 0 Å². The number of fused-ring (bicyclic) bond motifs is 1. The van der Waals surface area contributed by atoms with Crippen molar-refractivity contribution in [1.29, 1.82) is 0 Å². The zero-order chi connectivity index (χ0) is 29.1. The summed E-state index contributed by atoms with van der Waals surface area (Å²) in [6, 6.07) is 16.0. The summed E-state index contributed by atoms with van der Waals surface area (Å²) in [5.41, 5.74) is 7.79. The van der Waals surface area contributed by atoms with Crippen LogP contribution in [0.1, 0.15) is 21.7 Å². The van der Waals surface area contributed by atoms with Crippen molar-refractivity contribution < 1.29 is 18.5 Å². The zero-order valence-corrected chi connectivity index (χ0v) is 23.1. The van der Waals surface area contributed by atoms with Gasteiger partial charge in [-0.25, -0.2) is 19.5 Å². The average molecular weight is 598 g/mol. The summed E-state index contributed by atoms with van der Waals surface area (Å²) in [6.07, 6.45) is 0. The van der Waals surface area contributed by atoms with Crippen LogP contribution >= 0.6 is 23.2 Å². The number of amides is 1. The summed E-state index contributed by atoms with van der Waals surface area (Å²) in [4.78, 5) is 37.8. The Morgan fingerprint density at radius 2 is 1.98 bits per heavy atom. The van der Waals surface area contributed by atoms with Crippen molar-refractivity contribution in [3.05, 3.63) is 104 Å². The molecule has 5 aromatic rings. The number of aromatic amines is 1. The molecule has 0 radical (unpaired) electrons. The van der Waals surface area contributed by atoms with Crippen molar-refractivity contribution in [2.24, 2.45) is 4.99 Å². The number of nitrogens with zero attached hydrogens (tertiary/aromatic N) is 3. The molecule has 0 unspecified atom stereocenters. The van der Waals surface area contributed by atoms with E-state index in [1.165, 1.54) is 17.9 Å². The van der Waals surface area contributed by atoms with E-state index in [0.29, 0.717) is 49.2 Å². The molecule has 0 atom stereocenters. The molecule has 0 aliphatic heterocycles. The number of hydrogen-bond acceptors (Lipinski definition) is 7. The molecule has 5 rings (SSSR count). The first-order valence-electron chi connectivity index (χ1n) is 12.0. The van der Waals surface area contributed by atoms with E-state index in [2.05, 4.69) is 31.4 Å². The molecule has 0 aliphatic carbocycles. The SMILES string of the molecule is CN=C(NOC)c1c(Cl)cc(Cl)cc1-c1ccc(CNc2nc3ccccc3n2NC(=O)c2cc(=O)[nH]o2)c(F)c1. The lowest BCUT2D eigenvalue weighted by Crippen LogP contribution is -2.24. The molecule has 210 valence electrons. The molecular formula is C27H22Cl2FN7O4. The van der Waals surface area contributed by atoms with Gasteiger partial charge in [0.2, 0.25) is 11.7 Å². The number of anilines is 1. The van der Waals surface area contributed by atoms with Crippen LogP contribution in [-0.4, -0.2) is 40.7 Å². The van der Waals surface area contributed by atoms with Crippen LogP contribution in [0.3, 0.4) is 0 Å². The van der Waals surface area contributed by atoms with Crippen molar-refractivity contribution >= 4 is 51.9 Å². The lowest BCUT2D eigenvalue weighted by atomic mass is 9.97. The summed E-state index contributed by atoms with van der Waals surface area (Å²) >= 11 is 12.7. The molecule has 0 saturated heterocycles. The van der Waals surface area contributed by atoms with E-state index in [1.54, 1.807) is 55.6 Å². The summed E-state index contributed by atoms with van der Waals surface area (Å²) < 4.78 is 21.7. The third-order valence-corrected chi connectivity index (χ3v) is 6.55. The number of imidazole rings is 1. The molecule has 0 bridgehead atoms. The quantitative estimate of drug-likeness (QED) is 0.113. The lowest BCUT2D eigenvalue weighted by Gasteiger charge is -2.16. The second kappa shape index (κ2) is 11.8. The number of benzene rings is 3. The van der Waals surface area contributed by atoms with Crippen molar-refractivity contribution in [3.63, 3.8) is 0 Å². The minimum absolute atomic E-state index is 0.0284. The first-order chi connectivity index (χ1) is 19.8. The molecule has 0 aliphatic rings. The highest BCUT2D eigenvalue weighted by Gasteiger charge is 2.19. The molecule has 0 spiro atoms. The van der Waals surface area contributed by atoms with Crippen molar-refractivity contribution in [3.8, 4) is 11.1 Å². The molecule has 3 aromatic carbocycles. The minimum atomic E-state index is -0.681. The fourth-order valence-electron chi connectivity index (χ4n) is 4.19.